The number of fused-ring (bicyclic) bond motifs is 1. The maximum absolute atomic E-state index is 5.84. The van der Waals surface area contributed by atoms with Crippen LogP contribution in [-0.2, 0) is 11.3 Å². The first kappa shape index (κ1) is 11.7. The van der Waals surface area contributed by atoms with E-state index >= 15 is 0 Å². The van der Waals surface area contributed by atoms with Gasteiger partial charge in [-0.15, -0.1) is 0 Å². The van der Waals surface area contributed by atoms with Gasteiger partial charge >= 0.3 is 0 Å². The molecule has 0 N–H and O–H groups in total. The summed E-state index contributed by atoms with van der Waals surface area (Å²) in [5.74, 6) is 0. The third-order valence-corrected chi connectivity index (χ3v) is 4.42. The van der Waals surface area contributed by atoms with E-state index in [1.54, 1.807) is 0 Å². The smallest absolute Gasteiger partial charge is 0.0731 e. The van der Waals surface area contributed by atoms with E-state index in [-0.39, 0.29) is 0 Å². The Morgan fingerprint density at radius 1 is 1.24 bits per heavy atom. The molecular weight excluding hydrogens is 278 g/mol. The van der Waals surface area contributed by atoms with E-state index in [0.717, 1.165) is 24.2 Å². The second-order valence-corrected chi connectivity index (χ2v) is 5.92. The molecule has 1 aliphatic carbocycles. The van der Waals surface area contributed by atoms with Crippen molar-refractivity contribution in [1.29, 1.82) is 0 Å². The molecule has 2 atom stereocenters. The normalized spacial score (nSPS) is 29.2. The van der Waals surface area contributed by atoms with Crippen molar-refractivity contribution in [1.82, 2.24) is 4.90 Å². The number of hydrogen-bond acceptors (Lipinski definition) is 2. The number of benzene rings is 1. The molecule has 1 aromatic rings. The van der Waals surface area contributed by atoms with Gasteiger partial charge in [-0.25, -0.2) is 0 Å². The first-order chi connectivity index (χ1) is 8.33. The minimum absolute atomic E-state index is 0.499. The Morgan fingerprint density at radius 3 is 2.88 bits per heavy atom. The summed E-state index contributed by atoms with van der Waals surface area (Å²) in [6.07, 6.45) is 4.38. The van der Waals surface area contributed by atoms with Gasteiger partial charge in [0.1, 0.15) is 0 Å². The predicted octanol–water partition coefficient (Wildman–Crippen LogP) is 3.20. The summed E-state index contributed by atoms with van der Waals surface area (Å²) < 4.78 is 6.99. The van der Waals surface area contributed by atoms with E-state index in [2.05, 4.69) is 45.1 Å². The number of rotatable bonds is 2. The number of halogens is 1. The summed E-state index contributed by atoms with van der Waals surface area (Å²) in [5.41, 5.74) is 1.40. The molecule has 3 heteroatoms. The molecule has 0 aromatic heterocycles. The number of hydrogen-bond donors (Lipinski definition) is 0. The second kappa shape index (κ2) is 5.09. The summed E-state index contributed by atoms with van der Waals surface area (Å²) >= 11 is 3.48. The third-order valence-electron chi connectivity index (χ3n) is 3.90. The van der Waals surface area contributed by atoms with E-state index in [4.69, 9.17) is 4.74 Å². The van der Waals surface area contributed by atoms with E-state index in [1.807, 2.05) is 0 Å². The minimum Gasteiger partial charge on any atom is -0.375 e. The van der Waals surface area contributed by atoms with E-state index < -0.39 is 0 Å². The van der Waals surface area contributed by atoms with Crippen molar-refractivity contribution in [2.45, 2.75) is 38.0 Å². The largest absolute Gasteiger partial charge is 0.375 e. The Morgan fingerprint density at radius 2 is 2.06 bits per heavy atom. The van der Waals surface area contributed by atoms with Gasteiger partial charge < -0.3 is 4.74 Å². The molecule has 1 saturated carbocycles. The van der Waals surface area contributed by atoms with Crippen molar-refractivity contribution in [3.8, 4) is 0 Å². The van der Waals surface area contributed by atoms with Gasteiger partial charge in [-0.2, -0.15) is 0 Å². The minimum atomic E-state index is 0.499. The SMILES string of the molecule is Brc1ccc(CN2CCOC3CCCC32)cc1. The van der Waals surface area contributed by atoms with Crippen LogP contribution < -0.4 is 0 Å². The van der Waals surface area contributed by atoms with Crippen LogP contribution in [0.2, 0.25) is 0 Å². The fourth-order valence-electron chi connectivity index (χ4n) is 3.03. The van der Waals surface area contributed by atoms with Crippen molar-refractivity contribution < 1.29 is 4.74 Å². The zero-order valence-corrected chi connectivity index (χ0v) is 11.5. The zero-order chi connectivity index (χ0) is 11.7. The lowest BCUT2D eigenvalue weighted by atomic mass is 10.1. The number of ether oxygens (including phenoxy) is 1. The molecule has 0 amide bonds. The molecule has 1 saturated heterocycles. The van der Waals surface area contributed by atoms with Crippen molar-refractivity contribution in [3.05, 3.63) is 34.3 Å². The van der Waals surface area contributed by atoms with Crippen LogP contribution >= 0.6 is 15.9 Å². The topological polar surface area (TPSA) is 12.5 Å². The first-order valence-electron chi connectivity index (χ1n) is 6.43. The fraction of sp³-hybridized carbons (Fsp3) is 0.571. The Labute approximate surface area is 111 Å². The Kier molecular flexibility index (Phi) is 3.50. The Hall–Kier alpha value is -0.380. The highest BCUT2D eigenvalue weighted by molar-refractivity contribution is 9.10. The highest BCUT2D eigenvalue weighted by Crippen LogP contribution is 2.30. The summed E-state index contributed by atoms with van der Waals surface area (Å²) in [5, 5.41) is 0. The van der Waals surface area contributed by atoms with Gasteiger partial charge in [0.05, 0.1) is 12.7 Å². The lowest BCUT2D eigenvalue weighted by Crippen LogP contribution is -2.47. The quantitative estimate of drug-likeness (QED) is 0.831. The highest BCUT2D eigenvalue weighted by atomic mass is 79.9. The highest BCUT2D eigenvalue weighted by Gasteiger charge is 2.35. The third kappa shape index (κ3) is 2.56. The fourth-order valence-corrected chi connectivity index (χ4v) is 3.29. The van der Waals surface area contributed by atoms with Gasteiger partial charge in [-0.05, 0) is 37.0 Å². The molecule has 1 heterocycles. The van der Waals surface area contributed by atoms with E-state index in [9.17, 15) is 0 Å². The van der Waals surface area contributed by atoms with E-state index in [0.29, 0.717) is 12.1 Å². The zero-order valence-electron chi connectivity index (χ0n) is 9.94. The molecule has 2 unspecified atom stereocenters. The standard InChI is InChI=1S/C14H18BrNO/c15-12-6-4-11(5-7-12)10-16-8-9-17-14-3-1-2-13(14)16/h4-7,13-14H,1-3,8-10H2. The number of morpholine rings is 1. The average Bonchev–Trinajstić information content (AvgIpc) is 2.81. The summed E-state index contributed by atoms with van der Waals surface area (Å²) in [6.45, 7) is 3.05. The van der Waals surface area contributed by atoms with Crippen molar-refractivity contribution in [2.24, 2.45) is 0 Å². The van der Waals surface area contributed by atoms with Crippen LogP contribution in [0.4, 0.5) is 0 Å². The molecule has 2 nitrogen and oxygen atoms in total. The van der Waals surface area contributed by atoms with Gasteiger partial charge in [0, 0.05) is 23.6 Å². The van der Waals surface area contributed by atoms with Gasteiger partial charge in [0.25, 0.3) is 0 Å². The molecule has 2 fully saturated rings. The van der Waals surface area contributed by atoms with Crippen LogP contribution in [0.5, 0.6) is 0 Å². The average molecular weight is 296 g/mol. The van der Waals surface area contributed by atoms with Gasteiger partial charge in [-0.1, -0.05) is 28.1 Å². The molecular formula is C14H18BrNO. The number of nitrogens with zero attached hydrogens (tertiary/aromatic N) is 1. The maximum Gasteiger partial charge on any atom is 0.0731 e. The Balaban J connectivity index is 1.69. The van der Waals surface area contributed by atoms with Crippen LogP contribution in [0.15, 0.2) is 28.7 Å². The van der Waals surface area contributed by atoms with Crippen LogP contribution in [0.25, 0.3) is 0 Å². The molecule has 0 radical (unpaired) electrons. The summed E-state index contributed by atoms with van der Waals surface area (Å²) in [7, 11) is 0. The lowest BCUT2D eigenvalue weighted by molar-refractivity contribution is -0.0588. The van der Waals surface area contributed by atoms with Crippen molar-refractivity contribution in [2.75, 3.05) is 13.2 Å². The first-order valence-corrected chi connectivity index (χ1v) is 7.22. The molecule has 3 rings (SSSR count). The van der Waals surface area contributed by atoms with Crippen LogP contribution in [0.3, 0.4) is 0 Å². The van der Waals surface area contributed by atoms with Crippen LogP contribution in [-0.4, -0.2) is 30.2 Å². The van der Waals surface area contributed by atoms with Gasteiger partial charge in [0.2, 0.25) is 0 Å². The molecule has 2 aliphatic rings. The van der Waals surface area contributed by atoms with E-state index in [1.165, 1.54) is 24.8 Å². The van der Waals surface area contributed by atoms with Gasteiger partial charge in [0.15, 0.2) is 0 Å². The summed E-state index contributed by atoms with van der Waals surface area (Å²) in [6, 6.07) is 9.34. The molecule has 1 aliphatic heterocycles. The maximum atomic E-state index is 5.84. The second-order valence-electron chi connectivity index (χ2n) is 5.00. The van der Waals surface area contributed by atoms with Crippen molar-refractivity contribution in [3.63, 3.8) is 0 Å². The molecule has 0 bridgehead atoms. The monoisotopic (exact) mass is 295 g/mol. The van der Waals surface area contributed by atoms with Crippen LogP contribution in [0, 0.1) is 0 Å². The molecule has 0 spiro atoms. The lowest BCUT2D eigenvalue weighted by Gasteiger charge is -2.37. The molecule has 92 valence electrons. The predicted molar refractivity (Wildman–Crippen MR) is 71.9 cm³/mol. The summed E-state index contributed by atoms with van der Waals surface area (Å²) in [4.78, 5) is 2.60. The molecule has 1 aromatic carbocycles. The van der Waals surface area contributed by atoms with Gasteiger partial charge in [-0.3, -0.25) is 4.90 Å². The van der Waals surface area contributed by atoms with Crippen molar-refractivity contribution >= 4 is 15.9 Å². The van der Waals surface area contributed by atoms with Crippen LogP contribution in [0.1, 0.15) is 24.8 Å². The molecule has 17 heavy (non-hydrogen) atoms. The Bertz CT molecular complexity index is 378.